The van der Waals surface area contributed by atoms with E-state index in [1.165, 1.54) is 12.1 Å². The van der Waals surface area contributed by atoms with Crippen LogP contribution in [0.1, 0.15) is 22.8 Å². The van der Waals surface area contributed by atoms with E-state index in [2.05, 4.69) is 10.6 Å². The molecule has 0 aliphatic rings. The van der Waals surface area contributed by atoms with Gasteiger partial charge in [0.05, 0.1) is 4.92 Å². The van der Waals surface area contributed by atoms with Crippen molar-refractivity contribution in [1.29, 1.82) is 0 Å². The highest BCUT2D eigenvalue weighted by Crippen LogP contribution is 2.20. The summed E-state index contributed by atoms with van der Waals surface area (Å²) in [6.07, 6.45) is 0. The van der Waals surface area contributed by atoms with E-state index in [1.54, 1.807) is 20.0 Å². The summed E-state index contributed by atoms with van der Waals surface area (Å²) < 4.78 is 0. The van der Waals surface area contributed by atoms with E-state index in [0.717, 1.165) is 0 Å². The monoisotopic (exact) mass is 251 g/mol. The first-order valence-corrected chi connectivity index (χ1v) is 5.66. The van der Waals surface area contributed by atoms with Crippen LogP contribution in [0.15, 0.2) is 18.2 Å². The molecule has 1 amide bonds. The Bertz CT molecular complexity index is 460. The molecule has 0 radical (unpaired) electrons. The lowest BCUT2D eigenvalue weighted by Crippen LogP contribution is -2.37. The Balaban J connectivity index is 2.86. The largest absolute Gasteiger partial charge is 0.350 e. The molecule has 1 atom stereocenters. The zero-order valence-electron chi connectivity index (χ0n) is 10.7. The molecule has 1 unspecified atom stereocenters. The van der Waals surface area contributed by atoms with E-state index in [0.29, 0.717) is 17.7 Å². The van der Waals surface area contributed by atoms with Crippen molar-refractivity contribution in [1.82, 2.24) is 10.6 Å². The number of nitro groups is 1. The fourth-order valence-electron chi connectivity index (χ4n) is 1.51. The van der Waals surface area contributed by atoms with Crippen LogP contribution in [0.5, 0.6) is 0 Å². The average Bonchev–Trinajstić information content (AvgIpc) is 2.35. The van der Waals surface area contributed by atoms with Crippen molar-refractivity contribution in [3.05, 3.63) is 39.4 Å². The van der Waals surface area contributed by atoms with Crippen LogP contribution < -0.4 is 10.6 Å². The van der Waals surface area contributed by atoms with Gasteiger partial charge in [0.15, 0.2) is 0 Å². The number of likely N-dealkylation sites (N-methyl/N-ethyl adjacent to an activating group) is 1. The highest BCUT2D eigenvalue weighted by Gasteiger charge is 2.17. The maximum atomic E-state index is 11.9. The molecular weight excluding hydrogens is 234 g/mol. The number of hydrogen-bond acceptors (Lipinski definition) is 4. The molecule has 0 fully saturated rings. The van der Waals surface area contributed by atoms with E-state index in [9.17, 15) is 14.9 Å². The number of hydrogen-bond donors (Lipinski definition) is 2. The zero-order chi connectivity index (χ0) is 13.7. The second-order valence-corrected chi connectivity index (χ2v) is 4.11. The van der Waals surface area contributed by atoms with Crippen LogP contribution in [0.3, 0.4) is 0 Å². The van der Waals surface area contributed by atoms with Crippen molar-refractivity contribution in [2.45, 2.75) is 19.9 Å². The van der Waals surface area contributed by atoms with Crippen molar-refractivity contribution in [3.63, 3.8) is 0 Å². The molecule has 1 aromatic carbocycles. The summed E-state index contributed by atoms with van der Waals surface area (Å²) in [6.45, 7) is 3.98. The van der Waals surface area contributed by atoms with Gasteiger partial charge in [0.2, 0.25) is 0 Å². The minimum absolute atomic E-state index is 0.0377. The topological polar surface area (TPSA) is 84.3 Å². The van der Waals surface area contributed by atoms with Crippen LogP contribution >= 0.6 is 0 Å². The van der Waals surface area contributed by atoms with Crippen molar-refractivity contribution in [2.24, 2.45) is 0 Å². The van der Waals surface area contributed by atoms with Gasteiger partial charge in [0, 0.05) is 29.8 Å². The molecule has 98 valence electrons. The quantitative estimate of drug-likeness (QED) is 0.609. The first kappa shape index (κ1) is 14.1. The summed E-state index contributed by atoms with van der Waals surface area (Å²) in [6, 6.07) is 4.64. The van der Waals surface area contributed by atoms with Gasteiger partial charge in [-0.05, 0) is 27.0 Å². The van der Waals surface area contributed by atoms with Crippen LogP contribution in [0.25, 0.3) is 0 Å². The Kier molecular flexibility index (Phi) is 4.79. The average molecular weight is 251 g/mol. The van der Waals surface area contributed by atoms with E-state index in [1.807, 2.05) is 6.92 Å². The molecule has 0 aliphatic heterocycles. The van der Waals surface area contributed by atoms with Crippen LogP contribution in [-0.4, -0.2) is 30.5 Å². The highest BCUT2D eigenvalue weighted by atomic mass is 16.6. The third kappa shape index (κ3) is 3.27. The first-order valence-electron chi connectivity index (χ1n) is 5.66. The molecule has 0 aromatic heterocycles. The van der Waals surface area contributed by atoms with Crippen molar-refractivity contribution < 1.29 is 9.72 Å². The van der Waals surface area contributed by atoms with Crippen LogP contribution in [0.2, 0.25) is 0 Å². The van der Waals surface area contributed by atoms with Gasteiger partial charge in [-0.1, -0.05) is 6.07 Å². The predicted octanol–water partition coefficient (Wildman–Crippen LogP) is 1.24. The SMILES string of the molecule is CNC(C)CNC(=O)c1cccc([N+](=O)[O-])c1C. The van der Waals surface area contributed by atoms with Crippen molar-refractivity contribution in [2.75, 3.05) is 13.6 Å². The number of carbonyl (C=O) groups is 1. The number of rotatable bonds is 5. The fraction of sp³-hybridized carbons (Fsp3) is 0.417. The Hall–Kier alpha value is -1.95. The van der Waals surface area contributed by atoms with Gasteiger partial charge in [-0.2, -0.15) is 0 Å². The summed E-state index contributed by atoms with van der Waals surface area (Å²) in [5, 5.41) is 16.5. The number of nitro benzene ring substituents is 1. The molecular formula is C12H17N3O3. The lowest BCUT2D eigenvalue weighted by atomic mass is 10.1. The van der Waals surface area contributed by atoms with Crippen LogP contribution in [0, 0.1) is 17.0 Å². The number of benzene rings is 1. The molecule has 0 aliphatic carbocycles. The standard InChI is InChI=1S/C12H17N3O3/c1-8(13-3)7-14-12(16)10-5-4-6-11(9(10)2)15(17)18/h4-6,8,13H,7H2,1-3H3,(H,14,16). The number of amides is 1. The van der Waals surface area contributed by atoms with Gasteiger partial charge in [0.25, 0.3) is 11.6 Å². The van der Waals surface area contributed by atoms with E-state index in [-0.39, 0.29) is 17.6 Å². The molecule has 0 bridgehead atoms. The fourth-order valence-corrected chi connectivity index (χ4v) is 1.51. The minimum atomic E-state index is -0.484. The Morgan fingerprint density at radius 1 is 1.50 bits per heavy atom. The molecule has 0 heterocycles. The van der Waals surface area contributed by atoms with E-state index in [4.69, 9.17) is 0 Å². The van der Waals surface area contributed by atoms with E-state index >= 15 is 0 Å². The third-order valence-corrected chi connectivity index (χ3v) is 2.81. The third-order valence-electron chi connectivity index (χ3n) is 2.81. The van der Waals surface area contributed by atoms with Gasteiger partial charge in [-0.3, -0.25) is 14.9 Å². The van der Waals surface area contributed by atoms with Crippen molar-refractivity contribution in [3.8, 4) is 0 Å². The molecule has 6 heteroatoms. The van der Waals surface area contributed by atoms with Gasteiger partial charge in [-0.25, -0.2) is 0 Å². The van der Waals surface area contributed by atoms with Crippen LogP contribution in [-0.2, 0) is 0 Å². The van der Waals surface area contributed by atoms with Crippen LogP contribution in [0.4, 0.5) is 5.69 Å². The summed E-state index contributed by atoms with van der Waals surface area (Å²) in [7, 11) is 1.80. The Labute approximate surface area is 106 Å². The minimum Gasteiger partial charge on any atom is -0.350 e. The number of nitrogens with zero attached hydrogens (tertiary/aromatic N) is 1. The molecule has 1 rings (SSSR count). The predicted molar refractivity (Wildman–Crippen MR) is 68.7 cm³/mol. The summed E-state index contributed by atoms with van der Waals surface area (Å²) >= 11 is 0. The zero-order valence-corrected chi connectivity index (χ0v) is 10.7. The van der Waals surface area contributed by atoms with Gasteiger partial charge >= 0.3 is 0 Å². The van der Waals surface area contributed by atoms with Gasteiger partial charge < -0.3 is 10.6 Å². The Morgan fingerprint density at radius 3 is 2.72 bits per heavy atom. The maximum absolute atomic E-state index is 11.9. The molecule has 6 nitrogen and oxygen atoms in total. The molecule has 0 saturated carbocycles. The molecule has 18 heavy (non-hydrogen) atoms. The summed E-state index contributed by atoms with van der Waals surface area (Å²) in [4.78, 5) is 22.2. The molecule has 0 saturated heterocycles. The second-order valence-electron chi connectivity index (χ2n) is 4.11. The second kappa shape index (κ2) is 6.11. The Morgan fingerprint density at radius 2 is 2.17 bits per heavy atom. The van der Waals surface area contributed by atoms with E-state index < -0.39 is 4.92 Å². The molecule has 2 N–H and O–H groups in total. The maximum Gasteiger partial charge on any atom is 0.273 e. The summed E-state index contributed by atoms with van der Waals surface area (Å²) in [5.41, 5.74) is 0.689. The lowest BCUT2D eigenvalue weighted by Gasteiger charge is -2.12. The molecule has 0 spiro atoms. The highest BCUT2D eigenvalue weighted by molar-refractivity contribution is 5.96. The molecule has 1 aromatic rings. The summed E-state index contributed by atoms with van der Waals surface area (Å²) in [5.74, 6) is -0.293. The van der Waals surface area contributed by atoms with Crippen molar-refractivity contribution >= 4 is 11.6 Å². The smallest absolute Gasteiger partial charge is 0.273 e. The number of nitrogens with one attached hydrogen (secondary N) is 2. The number of carbonyl (C=O) groups excluding carboxylic acids is 1. The lowest BCUT2D eigenvalue weighted by molar-refractivity contribution is -0.385. The normalized spacial score (nSPS) is 11.9. The van der Waals surface area contributed by atoms with Gasteiger partial charge in [0.1, 0.15) is 0 Å². The van der Waals surface area contributed by atoms with Gasteiger partial charge in [-0.15, -0.1) is 0 Å². The first-order chi connectivity index (χ1) is 8.47.